The molecule has 0 aromatic heterocycles. The highest BCUT2D eigenvalue weighted by Gasteiger charge is 2.32. The number of carbonyl (C=O) groups is 1. The van der Waals surface area contributed by atoms with Gasteiger partial charge in [-0.05, 0) is 30.5 Å². The minimum absolute atomic E-state index is 0.0399. The number of aryl methyl sites for hydroxylation is 1. The van der Waals surface area contributed by atoms with Crippen molar-refractivity contribution in [2.75, 3.05) is 32.8 Å². The molecule has 0 unspecified atom stereocenters. The van der Waals surface area contributed by atoms with E-state index < -0.39 is 9.84 Å². The Morgan fingerprint density at radius 1 is 1.26 bits per heavy atom. The summed E-state index contributed by atoms with van der Waals surface area (Å²) in [6.45, 7) is 0. The maximum Gasteiger partial charge on any atom is 0.222 e. The number of hydrogen-bond acceptors (Lipinski definition) is 5. The third-order valence-corrected chi connectivity index (χ3v) is 5.98. The molecule has 1 fully saturated rings. The molecule has 1 atom stereocenters. The van der Waals surface area contributed by atoms with Crippen LogP contribution in [0.3, 0.4) is 0 Å². The second kappa shape index (κ2) is 7.21. The third kappa shape index (κ3) is 4.37. The molecule has 0 aliphatic carbocycles. The van der Waals surface area contributed by atoms with Crippen LogP contribution in [0, 0.1) is 0 Å². The zero-order valence-electron chi connectivity index (χ0n) is 13.7. The van der Waals surface area contributed by atoms with Gasteiger partial charge in [-0.3, -0.25) is 4.79 Å². The number of rotatable bonds is 6. The number of hydrogen-bond donors (Lipinski definition) is 0. The van der Waals surface area contributed by atoms with Gasteiger partial charge in [0.15, 0.2) is 21.3 Å². The zero-order valence-corrected chi connectivity index (χ0v) is 14.6. The molecule has 1 heterocycles. The highest BCUT2D eigenvalue weighted by atomic mass is 32.2. The van der Waals surface area contributed by atoms with E-state index in [9.17, 15) is 13.2 Å². The molecule has 1 aliphatic heterocycles. The molecule has 0 spiro atoms. The minimum atomic E-state index is -2.98. The van der Waals surface area contributed by atoms with Crippen LogP contribution >= 0.6 is 0 Å². The van der Waals surface area contributed by atoms with Crippen LogP contribution in [0.1, 0.15) is 18.4 Å². The molecular formula is C16H23NO5S. The molecule has 1 aromatic carbocycles. The fourth-order valence-electron chi connectivity index (χ4n) is 2.75. The van der Waals surface area contributed by atoms with E-state index in [1.807, 2.05) is 18.2 Å². The van der Waals surface area contributed by atoms with Crippen LogP contribution in [0.15, 0.2) is 18.2 Å². The Balaban J connectivity index is 1.94. The summed E-state index contributed by atoms with van der Waals surface area (Å²) >= 11 is 0. The number of methoxy groups -OCH3 is 2. The van der Waals surface area contributed by atoms with E-state index in [0.717, 1.165) is 5.56 Å². The van der Waals surface area contributed by atoms with E-state index in [4.69, 9.17) is 9.47 Å². The zero-order chi connectivity index (χ0) is 17.0. The normalized spacial score (nSPS) is 19.3. The van der Waals surface area contributed by atoms with Crippen LogP contribution in [0.4, 0.5) is 0 Å². The molecule has 0 saturated carbocycles. The summed E-state index contributed by atoms with van der Waals surface area (Å²) in [5.74, 6) is 1.49. The lowest BCUT2D eigenvalue weighted by atomic mass is 10.1. The van der Waals surface area contributed by atoms with Gasteiger partial charge in [0.05, 0.1) is 25.7 Å². The van der Waals surface area contributed by atoms with Crippen molar-refractivity contribution in [2.45, 2.75) is 25.3 Å². The van der Waals surface area contributed by atoms with E-state index in [0.29, 0.717) is 30.8 Å². The van der Waals surface area contributed by atoms with Crippen LogP contribution in [-0.4, -0.2) is 58.0 Å². The molecule has 0 N–H and O–H groups in total. The van der Waals surface area contributed by atoms with Crippen LogP contribution in [0.25, 0.3) is 0 Å². The van der Waals surface area contributed by atoms with Gasteiger partial charge < -0.3 is 14.4 Å². The molecule has 1 aliphatic rings. The first-order valence-electron chi connectivity index (χ1n) is 7.53. The summed E-state index contributed by atoms with van der Waals surface area (Å²) in [7, 11) is 1.85. The van der Waals surface area contributed by atoms with Crippen molar-refractivity contribution in [3.8, 4) is 11.5 Å². The predicted octanol–water partition coefficient (Wildman–Crippen LogP) is 1.28. The summed E-state index contributed by atoms with van der Waals surface area (Å²) in [5, 5.41) is 0. The van der Waals surface area contributed by atoms with Gasteiger partial charge in [0.1, 0.15) is 0 Å². The smallest absolute Gasteiger partial charge is 0.222 e. The van der Waals surface area contributed by atoms with Gasteiger partial charge in [0, 0.05) is 19.5 Å². The van der Waals surface area contributed by atoms with Crippen LogP contribution in [0.2, 0.25) is 0 Å². The topological polar surface area (TPSA) is 72.9 Å². The van der Waals surface area contributed by atoms with Crippen molar-refractivity contribution in [3.63, 3.8) is 0 Å². The first-order chi connectivity index (χ1) is 10.9. The summed E-state index contributed by atoms with van der Waals surface area (Å²) in [6, 6.07) is 5.37. The summed E-state index contributed by atoms with van der Waals surface area (Å²) in [4.78, 5) is 13.8. The van der Waals surface area contributed by atoms with E-state index in [1.165, 1.54) is 0 Å². The first-order valence-corrected chi connectivity index (χ1v) is 9.35. The molecule has 1 saturated heterocycles. The summed E-state index contributed by atoms with van der Waals surface area (Å²) < 4.78 is 33.5. The fraction of sp³-hybridized carbons (Fsp3) is 0.562. The van der Waals surface area contributed by atoms with Crippen molar-refractivity contribution >= 4 is 15.7 Å². The van der Waals surface area contributed by atoms with E-state index in [1.54, 1.807) is 26.2 Å². The Labute approximate surface area is 137 Å². The quantitative estimate of drug-likeness (QED) is 0.779. The number of carbonyl (C=O) groups excluding carboxylic acids is 1. The first kappa shape index (κ1) is 17.6. The van der Waals surface area contributed by atoms with Gasteiger partial charge >= 0.3 is 0 Å². The fourth-order valence-corrected chi connectivity index (χ4v) is 4.52. The van der Waals surface area contributed by atoms with Crippen LogP contribution < -0.4 is 9.47 Å². The molecule has 23 heavy (non-hydrogen) atoms. The maximum atomic E-state index is 12.3. The molecule has 2 rings (SSSR count). The lowest BCUT2D eigenvalue weighted by molar-refractivity contribution is -0.131. The Morgan fingerprint density at radius 3 is 2.52 bits per heavy atom. The molecule has 7 heteroatoms. The molecule has 0 radical (unpaired) electrons. The summed E-state index contributed by atoms with van der Waals surface area (Å²) in [6.07, 6.45) is 1.44. The van der Waals surface area contributed by atoms with E-state index >= 15 is 0 Å². The molecule has 6 nitrogen and oxygen atoms in total. The average Bonchev–Trinajstić information content (AvgIpc) is 2.91. The Kier molecular flexibility index (Phi) is 5.51. The molecule has 1 aromatic rings. The molecule has 128 valence electrons. The Bertz CT molecular complexity index is 671. The van der Waals surface area contributed by atoms with Gasteiger partial charge in [0.2, 0.25) is 5.91 Å². The van der Waals surface area contributed by atoms with E-state index in [-0.39, 0.29) is 23.5 Å². The van der Waals surface area contributed by atoms with Crippen LogP contribution in [0.5, 0.6) is 11.5 Å². The van der Waals surface area contributed by atoms with Crippen molar-refractivity contribution in [1.82, 2.24) is 4.90 Å². The van der Waals surface area contributed by atoms with Gasteiger partial charge in [-0.1, -0.05) is 6.07 Å². The van der Waals surface area contributed by atoms with E-state index in [2.05, 4.69) is 0 Å². The van der Waals surface area contributed by atoms with Crippen molar-refractivity contribution in [1.29, 1.82) is 0 Å². The number of ether oxygens (including phenoxy) is 2. The van der Waals surface area contributed by atoms with Crippen LogP contribution in [-0.2, 0) is 21.1 Å². The van der Waals surface area contributed by atoms with Gasteiger partial charge in [-0.15, -0.1) is 0 Å². The second-order valence-corrected chi connectivity index (χ2v) is 7.98. The highest BCUT2D eigenvalue weighted by Crippen LogP contribution is 2.28. The monoisotopic (exact) mass is 341 g/mol. The van der Waals surface area contributed by atoms with Crippen molar-refractivity contribution in [3.05, 3.63) is 23.8 Å². The largest absolute Gasteiger partial charge is 0.493 e. The number of amides is 1. The molecule has 0 bridgehead atoms. The molecular weight excluding hydrogens is 318 g/mol. The highest BCUT2D eigenvalue weighted by molar-refractivity contribution is 7.91. The predicted molar refractivity (Wildman–Crippen MR) is 87.7 cm³/mol. The lowest BCUT2D eigenvalue weighted by Gasteiger charge is -2.23. The maximum absolute atomic E-state index is 12.3. The Hall–Kier alpha value is -1.76. The van der Waals surface area contributed by atoms with Gasteiger partial charge in [0.25, 0.3) is 0 Å². The standard InChI is InChI=1S/C16H23NO5S/c1-17(13-8-9-23(19,20)11-13)16(18)7-5-12-4-6-14(21-2)15(10-12)22-3/h4,6,10,13H,5,7-9,11H2,1-3H3/t13-/m0/s1. The van der Waals surface area contributed by atoms with Crippen molar-refractivity contribution < 1.29 is 22.7 Å². The molecule has 1 amide bonds. The lowest BCUT2D eigenvalue weighted by Crippen LogP contribution is -2.37. The second-order valence-electron chi connectivity index (χ2n) is 5.75. The average molecular weight is 341 g/mol. The SMILES string of the molecule is COc1ccc(CCC(=O)N(C)[C@H]2CCS(=O)(=O)C2)cc1OC. The Morgan fingerprint density at radius 2 is 1.96 bits per heavy atom. The number of benzene rings is 1. The summed E-state index contributed by atoms with van der Waals surface area (Å²) in [5.41, 5.74) is 0.975. The van der Waals surface area contributed by atoms with Gasteiger partial charge in [-0.2, -0.15) is 0 Å². The third-order valence-electron chi connectivity index (χ3n) is 4.23. The van der Waals surface area contributed by atoms with Gasteiger partial charge in [-0.25, -0.2) is 8.42 Å². The van der Waals surface area contributed by atoms with Crippen molar-refractivity contribution in [2.24, 2.45) is 0 Å². The number of sulfone groups is 1. The minimum Gasteiger partial charge on any atom is -0.493 e. The number of nitrogens with zero attached hydrogens (tertiary/aromatic N) is 1.